The lowest BCUT2D eigenvalue weighted by atomic mass is 10.2. The Bertz CT molecular complexity index is 499. The van der Waals surface area contributed by atoms with Crippen LogP contribution in [-0.2, 0) is 13.1 Å². The Morgan fingerprint density at radius 3 is 2.72 bits per heavy atom. The quantitative estimate of drug-likeness (QED) is 0.878. The van der Waals surface area contributed by atoms with Crippen LogP contribution in [0.25, 0.3) is 0 Å². The molecule has 0 spiro atoms. The lowest BCUT2D eigenvalue weighted by Crippen LogP contribution is -2.12. The fourth-order valence-electron chi connectivity index (χ4n) is 1.88. The van der Waals surface area contributed by atoms with Gasteiger partial charge in [0, 0.05) is 18.9 Å². The van der Waals surface area contributed by atoms with Gasteiger partial charge in [0.2, 0.25) is 0 Å². The van der Waals surface area contributed by atoms with Crippen LogP contribution in [0.4, 0.5) is 0 Å². The average molecular weight is 248 g/mol. The lowest BCUT2D eigenvalue weighted by Gasteiger charge is -2.09. The highest BCUT2D eigenvalue weighted by Gasteiger charge is 2.08. The summed E-state index contributed by atoms with van der Waals surface area (Å²) in [5.74, 6) is 1.49. The highest BCUT2D eigenvalue weighted by molar-refractivity contribution is 5.13. The van der Waals surface area contributed by atoms with E-state index in [2.05, 4.69) is 23.9 Å². The highest BCUT2D eigenvalue weighted by atomic mass is 16.3. The van der Waals surface area contributed by atoms with Crippen LogP contribution < -0.4 is 0 Å². The van der Waals surface area contributed by atoms with Gasteiger partial charge in [-0.15, -0.1) is 0 Å². The molecule has 1 N–H and O–H groups in total. The van der Waals surface area contributed by atoms with Crippen molar-refractivity contribution < 1.29 is 5.11 Å². The molecule has 5 heteroatoms. The third-order valence-corrected chi connectivity index (χ3v) is 2.81. The molecule has 0 bridgehead atoms. The number of hydrogen-bond donors (Lipinski definition) is 1. The average Bonchev–Trinajstić information content (AvgIpc) is 2.89. The second-order valence-corrected chi connectivity index (χ2v) is 5.05. The molecule has 2 heterocycles. The number of hydrogen-bond acceptors (Lipinski definition) is 3. The summed E-state index contributed by atoms with van der Waals surface area (Å²) >= 11 is 0. The van der Waals surface area contributed by atoms with Crippen molar-refractivity contribution in [2.24, 2.45) is 5.92 Å². The molecule has 0 aliphatic heterocycles. The molecule has 18 heavy (non-hydrogen) atoms. The van der Waals surface area contributed by atoms with Gasteiger partial charge in [-0.05, 0) is 24.5 Å². The van der Waals surface area contributed by atoms with E-state index in [-0.39, 0.29) is 0 Å². The maximum Gasteiger partial charge on any atom is 0.146 e. The third kappa shape index (κ3) is 2.98. The first-order valence-corrected chi connectivity index (χ1v) is 6.26. The van der Waals surface area contributed by atoms with Crippen LogP contribution in [0.15, 0.2) is 24.8 Å². The van der Waals surface area contributed by atoms with Crippen molar-refractivity contribution in [2.75, 3.05) is 0 Å². The largest absolute Gasteiger partial charge is 0.389 e. The van der Waals surface area contributed by atoms with Crippen molar-refractivity contribution in [3.05, 3.63) is 36.2 Å². The van der Waals surface area contributed by atoms with E-state index in [4.69, 9.17) is 0 Å². The first kappa shape index (κ1) is 12.8. The van der Waals surface area contributed by atoms with Crippen molar-refractivity contribution in [1.82, 2.24) is 19.3 Å². The van der Waals surface area contributed by atoms with Crippen molar-refractivity contribution in [3.8, 4) is 0 Å². The summed E-state index contributed by atoms with van der Waals surface area (Å²) in [5, 5.41) is 13.7. The van der Waals surface area contributed by atoms with Gasteiger partial charge >= 0.3 is 0 Å². The number of nitrogens with zero attached hydrogens (tertiary/aromatic N) is 4. The second kappa shape index (κ2) is 5.35. The number of aromatic nitrogens is 4. The minimum absolute atomic E-state index is 0.431. The Morgan fingerprint density at radius 2 is 2.11 bits per heavy atom. The zero-order valence-electron chi connectivity index (χ0n) is 11.1. The van der Waals surface area contributed by atoms with E-state index < -0.39 is 6.10 Å². The Kier molecular flexibility index (Phi) is 3.81. The van der Waals surface area contributed by atoms with Gasteiger partial charge in [-0.25, -0.2) is 9.67 Å². The smallest absolute Gasteiger partial charge is 0.146 e. The fraction of sp³-hybridized carbons (Fsp3) is 0.538. The van der Waals surface area contributed by atoms with Gasteiger partial charge in [0.1, 0.15) is 12.2 Å². The van der Waals surface area contributed by atoms with Gasteiger partial charge < -0.3 is 9.67 Å². The summed E-state index contributed by atoms with van der Waals surface area (Å²) in [6, 6.07) is 1.92. The van der Waals surface area contributed by atoms with E-state index in [0.717, 1.165) is 17.9 Å². The molecule has 2 aromatic heterocycles. The number of aliphatic hydroxyl groups excluding tert-OH is 1. The standard InChI is InChI=1S/C13H20N4O/c1-10(2)6-17-13(14-9-15-17)8-16-5-4-12(7-16)11(3)18/h4-5,7,9-11,18H,6,8H2,1-3H3. The lowest BCUT2D eigenvalue weighted by molar-refractivity contribution is 0.199. The molecule has 0 amide bonds. The van der Waals surface area contributed by atoms with Gasteiger partial charge in [-0.1, -0.05) is 13.8 Å². The highest BCUT2D eigenvalue weighted by Crippen LogP contribution is 2.13. The van der Waals surface area contributed by atoms with Gasteiger partial charge in [-0.2, -0.15) is 5.10 Å². The van der Waals surface area contributed by atoms with Crippen LogP contribution in [0, 0.1) is 5.92 Å². The minimum atomic E-state index is -0.431. The summed E-state index contributed by atoms with van der Waals surface area (Å²) < 4.78 is 3.95. The molecule has 0 saturated carbocycles. The van der Waals surface area contributed by atoms with E-state index in [9.17, 15) is 5.11 Å². The predicted octanol–water partition coefficient (Wildman–Crippen LogP) is 1.84. The molecule has 1 atom stereocenters. The Labute approximate surface area is 107 Å². The molecule has 98 valence electrons. The zero-order valence-corrected chi connectivity index (χ0v) is 11.1. The second-order valence-electron chi connectivity index (χ2n) is 5.05. The van der Waals surface area contributed by atoms with E-state index in [1.807, 2.05) is 27.7 Å². The van der Waals surface area contributed by atoms with Crippen molar-refractivity contribution in [3.63, 3.8) is 0 Å². The molecule has 0 radical (unpaired) electrons. The SMILES string of the molecule is CC(C)Cn1ncnc1Cn1ccc(C(C)O)c1. The molecular weight excluding hydrogens is 228 g/mol. The van der Waals surface area contributed by atoms with Crippen molar-refractivity contribution >= 4 is 0 Å². The first-order valence-electron chi connectivity index (χ1n) is 6.26. The van der Waals surface area contributed by atoms with Crippen molar-refractivity contribution in [2.45, 2.75) is 40.0 Å². The van der Waals surface area contributed by atoms with Gasteiger partial charge in [-0.3, -0.25) is 0 Å². The maximum atomic E-state index is 9.49. The fourth-order valence-corrected chi connectivity index (χ4v) is 1.88. The molecule has 2 aromatic rings. The molecule has 1 unspecified atom stereocenters. The molecule has 0 aromatic carbocycles. The molecule has 0 fully saturated rings. The molecule has 0 saturated heterocycles. The van der Waals surface area contributed by atoms with Gasteiger partial charge in [0.05, 0.1) is 12.6 Å². The van der Waals surface area contributed by atoms with Crippen LogP contribution in [0.2, 0.25) is 0 Å². The van der Waals surface area contributed by atoms with E-state index >= 15 is 0 Å². The monoisotopic (exact) mass is 248 g/mol. The number of rotatable bonds is 5. The minimum Gasteiger partial charge on any atom is -0.389 e. The van der Waals surface area contributed by atoms with Crippen LogP contribution in [0.1, 0.15) is 38.3 Å². The molecule has 5 nitrogen and oxygen atoms in total. The Morgan fingerprint density at radius 1 is 1.33 bits per heavy atom. The number of aliphatic hydroxyl groups is 1. The summed E-state index contributed by atoms with van der Waals surface area (Å²) in [6.45, 7) is 7.64. The van der Waals surface area contributed by atoms with Crippen LogP contribution >= 0.6 is 0 Å². The van der Waals surface area contributed by atoms with Crippen LogP contribution in [0.3, 0.4) is 0 Å². The maximum absolute atomic E-state index is 9.49. The Hall–Kier alpha value is -1.62. The van der Waals surface area contributed by atoms with Crippen LogP contribution in [-0.4, -0.2) is 24.4 Å². The summed E-state index contributed by atoms with van der Waals surface area (Å²) in [4.78, 5) is 4.29. The predicted molar refractivity (Wildman–Crippen MR) is 69.0 cm³/mol. The molecule has 0 aliphatic rings. The third-order valence-electron chi connectivity index (χ3n) is 2.81. The zero-order chi connectivity index (χ0) is 13.1. The van der Waals surface area contributed by atoms with Gasteiger partial charge in [0.15, 0.2) is 0 Å². The molecule has 0 aliphatic carbocycles. The van der Waals surface area contributed by atoms with Gasteiger partial charge in [0.25, 0.3) is 0 Å². The summed E-state index contributed by atoms with van der Waals surface area (Å²) in [5.41, 5.74) is 0.921. The van der Waals surface area contributed by atoms with Crippen LogP contribution in [0.5, 0.6) is 0 Å². The van der Waals surface area contributed by atoms with E-state index in [1.54, 1.807) is 13.3 Å². The van der Waals surface area contributed by atoms with E-state index in [0.29, 0.717) is 12.5 Å². The van der Waals surface area contributed by atoms with Crippen molar-refractivity contribution in [1.29, 1.82) is 0 Å². The molecule has 2 rings (SSSR count). The molecular formula is C13H20N4O. The topological polar surface area (TPSA) is 55.9 Å². The Balaban J connectivity index is 2.10. The first-order chi connectivity index (χ1) is 8.56. The normalized spacial score (nSPS) is 13.2. The van der Waals surface area contributed by atoms with E-state index in [1.165, 1.54) is 0 Å². The summed E-state index contributed by atoms with van der Waals surface area (Å²) in [7, 11) is 0. The summed E-state index contributed by atoms with van der Waals surface area (Å²) in [6.07, 6.45) is 5.06.